The Kier molecular flexibility index (Phi) is 4.06. The highest BCUT2D eigenvalue weighted by Gasteiger charge is 2.25. The van der Waals surface area contributed by atoms with Gasteiger partial charge in [0.1, 0.15) is 11.3 Å². The van der Waals surface area contributed by atoms with E-state index >= 15 is 0 Å². The molecule has 23 heavy (non-hydrogen) atoms. The molecule has 0 radical (unpaired) electrons. The van der Waals surface area contributed by atoms with Crippen LogP contribution in [0.2, 0.25) is 5.02 Å². The number of hydrogen-bond acceptors (Lipinski definition) is 5. The molecule has 1 N–H and O–H groups in total. The number of amides is 1. The number of halogens is 1. The Labute approximate surface area is 137 Å². The monoisotopic (exact) mass is 350 g/mol. The third-order valence-corrected chi connectivity index (χ3v) is 4.55. The summed E-state index contributed by atoms with van der Waals surface area (Å²) in [5.41, 5.74) is 1.18. The molecule has 3 rings (SSSR count). The first-order chi connectivity index (χ1) is 10.9. The van der Waals surface area contributed by atoms with E-state index in [0.29, 0.717) is 21.8 Å². The number of anilines is 1. The highest BCUT2D eigenvalue weighted by molar-refractivity contribution is 7.91. The number of sulfone groups is 1. The lowest BCUT2D eigenvalue weighted by atomic mass is 10.3. The molecule has 0 bridgehead atoms. The first kappa shape index (κ1) is 15.5. The van der Waals surface area contributed by atoms with Crippen LogP contribution < -0.4 is 5.32 Å². The van der Waals surface area contributed by atoms with Crippen molar-refractivity contribution < 1.29 is 17.6 Å². The number of benzene rings is 2. The molecule has 0 aliphatic rings. The topological polar surface area (TPSA) is 89.3 Å². The summed E-state index contributed by atoms with van der Waals surface area (Å²) in [7, 11) is -3.97. The van der Waals surface area contributed by atoms with Gasteiger partial charge in [0.25, 0.3) is 0 Å². The van der Waals surface area contributed by atoms with Gasteiger partial charge in [0, 0.05) is 10.7 Å². The van der Waals surface area contributed by atoms with Crippen molar-refractivity contribution in [2.24, 2.45) is 0 Å². The number of para-hydroxylation sites is 2. The lowest BCUT2D eigenvalue weighted by Gasteiger charge is -2.04. The Morgan fingerprint density at radius 3 is 2.70 bits per heavy atom. The van der Waals surface area contributed by atoms with E-state index in [-0.39, 0.29) is 0 Å². The van der Waals surface area contributed by atoms with E-state index in [4.69, 9.17) is 16.0 Å². The maximum atomic E-state index is 12.2. The number of oxazole rings is 1. The number of aromatic nitrogens is 1. The summed E-state index contributed by atoms with van der Waals surface area (Å²) in [6.45, 7) is 0. The van der Waals surface area contributed by atoms with Gasteiger partial charge in [0.2, 0.25) is 15.7 Å². The van der Waals surface area contributed by atoms with Crippen LogP contribution in [0.1, 0.15) is 0 Å². The van der Waals surface area contributed by atoms with Gasteiger partial charge in [-0.25, -0.2) is 8.42 Å². The van der Waals surface area contributed by atoms with Gasteiger partial charge in [-0.3, -0.25) is 4.79 Å². The molecular formula is C15H11ClN2O4S. The second-order valence-electron chi connectivity index (χ2n) is 4.77. The van der Waals surface area contributed by atoms with E-state index in [1.54, 1.807) is 42.5 Å². The molecule has 3 aromatic rings. The van der Waals surface area contributed by atoms with Crippen molar-refractivity contribution in [3.63, 3.8) is 0 Å². The number of nitrogens with zero attached hydrogens (tertiary/aromatic N) is 1. The van der Waals surface area contributed by atoms with E-state index in [1.165, 1.54) is 6.07 Å². The largest absolute Gasteiger partial charge is 0.428 e. The zero-order valence-corrected chi connectivity index (χ0v) is 13.3. The van der Waals surface area contributed by atoms with Crippen LogP contribution in [-0.4, -0.2) is 25.1 Å². The Balaban J connectivity index is 1.79. The zero-order chi connectivity index (χ0) is 16.4. The first-order valence-electron chi connectivity index (χ1n) is 6.58. The Morgan fingerprint density at radius 2 is 1.96 bits per heavy atom. The summed E-state index contributed by atoms with van der Waals surface area (Å²) in [5, 5.41) is 2.43. The molecular weight excluding hydrogens is 340 g/mol. The van der Waals surface area contributed by atoms with Crippen molar-refractivity contribution in [2.45, 2.75) is 5.22 Å². The summed E-state index contributed by atoms with van der Waals surface area (Å²) in [6.07, 6.45) is 0. The molecule has 0 spiro atoms. The molecule has 6 nitrogen and oxygen atoms in total. The van der Waals surface area contributed by atoms with E-state index in [9.17, 15) is 13.2 Å². The van der Waals surface area contributed by atoms with Crippen LogP contribution >= 0.6 is 11.6 Å². The van der Waals surface area contributed by atoms with E-state index in [1.807, 2.05) is 0 Å². The van der Waals surface area contributed by atoms with Crippen LogP contribution in [0.15, 0.2) is 58.2 Å². The number of nitrogens with one attached hydrogen (secondary N) is 1. The predicted octanol–water partition coefficient (Wildman–Crippen LogP) is 2.89. The molecule has 0 saturated heterocycles. The van der Waals surface area contributed by atoms with Gasteiger partial charge in [0.05, 0.1) is 0 Å². The third kappa shape index (κ3) is 3.52. The van der Waals surface area contributed by atoms with E-state index < -0.39 is 26.7 Å². The Bertz CT molecular complexity index is 949. The lowest BCUT2D eigenvalue weighted by molar-refractivity contribution is -0.113. The average molecular weight is 351 g/mol. The van der Waals surface area contributed by atoms with Crippen LogP contribution in [-0.2, 0) is 14.6 Å². The van der Waals surface area contributed by atoms with Gasteiger partial charge in [-0.05, 0) is 30.3 Å². The molecule has 0 aliphatic carbocycles. The van der Waals surface area contributed by atoms with Gasteiger partial charge in [-0.15, -0.1) is 0 Å². The van der Waals surface area contributed by atoms with Crippen LogP contribution in [0.5, 0.6) is 0 Å². The molecule has 2 aromatic carbocycles. The minimum absolute atomic E-state index is 0.348. The van der Waals surface area contributed by atoms with E-state index in [0.717, 1.165) is 0 Å². The Morgan fingerprint density at radius 1 is 1.17 bits per heavy atom. The lowest BCUT2D eigenvalue weighted by Crippen LogP contribution is -2.23. The summed E-state index contributed by atoms with van der Waals surface area (Å²) in [5.74, 6) is -1.47. The average Bonchev–Trinajstić information content (AvgIpc) is 2.91. The van der Waals surface area contributed by atoms with Crippen molar-refractivity contribution >= 4 is 44.1 Å². The van der Waals surface area contributed by atoms with Crippen molar-refractivity contribution in [1.82, 2.24) is 4.98 Å². The zero-order valence-electron chi connectivity index (χ0n) is 11.7. The fourth-order valence-corrected chi connectivity index (χ4v) is 3.17. The van der Waals surface area contributed by atoms with E-state index in [2.05, 4.69) is 10.3 Å². The minimum atomic E-state index is -3.97. The van der Waals surface area contributed by atoms with Gasteiger partial charge in [-0.2, -0.15) is 4.98 Å². The van der Waals surface area contributed by atoms with Gasteiger partial charge >= 0.3 is 5.22 Å². The second-order valence-corrected chi connectivity index (χ2v) is 7.07. The molecule has 0 fully saturated rings. The summed E-state index contributed by atoms with van der Waals surface area (Å²) in [4.78, 5) is 15.8. The smallest absolute Gasteiger partial charge is 0.316 e. The van der Waals surface area contributed by atoms with Crippen LogP contribution in [0.25, 0.3) is 11.1 Å². The van der Waals surface area contributed by atoms with Gasteiger partial charge in [0.15, 0.2) is 5.58 Å². The van der Waals surface area contributed by atoms with Gasteiger partial charge in [-0.1, -0.05) is 29.8 Å². The molecule has 1 amide bonds. The fourth-order valence-electron chi connectivity index (χ4n) is 1.98. The van der Waals surface area contributed by atoms with Crippen LogP contribution in [0, 0.1) is 0 Å². The minimum Gasteiger partial charge on any atom is -0.428 e. The van der Waals surface area contributed by atoms with Crippen molar-refractivity contribution in [1.29, 1.82) is 0 Å². The first-order valence-corrected chi connectivity index (χ1v) is 8.61. The molecule has 8 heteroatoms. The SMILES string of the molecule is O=C(CS(=O)(=O)c1nc2ccccc2o1)Nc1cccc(Cl)c1. The fraction of sp³-hybridized carbons (Fsp3) is 0.0667. The molecule has 118 valence electrons. The van der Waals surface area contributed by atoms with Crippen molar-refractivity contribution in [3.05, 3.63) is 53.6 Å². The standard InChI is InChI=1S/C15H11ClN2O4S/c16-10-4-3-5-11(8-10)17-14(19)9-23(20,21)15-18-12-6-1-2-7-13(12)22-15/h1-8H,9H2,(H,17,19). The van der Waals surface area contributed by atoms with Crippen LogP contribution in [0.3, 0.4) is 0 Å². The number of carbonyl (C=O) groups excluding carboxylic acids is 1. The molecule has 1 heterocycles. The number of hydrogen-bond donors (Lipinski definition) is 1. The third-order valence-electron chi connectivity index (χ3n) is 2.97. The quantitative estimate of drug-likeness (QED) is 0.781. The number of fused-ring (bicyclic) bond motifs is 1. The number of carbonyl (C=O) groups is 1. The normalized spacial score (nSPS) is 11.5. The molecule has 0 atom stereocenters. The Hall–Kier alpha value is -2.38. The highest BCUT2D eigenvalue weighted by atomic mass is 35.5. The maximum absolute atomic E-state index is 12.2. The van der Waals surface area contributed by atoms with Crippen molar-refractivity contribution in [3.8, 4) is 0 Å². The van der Waals surface area contributed by atoms with Gasteiger partial charge < -0.3 is 9.73 Å². The molecule has 0 unspecified atom stereocenters. The molecule has 0 saturated carbocycles. The maximum Gasteiger partial charge on any atom is 0.316 e. The molecule has 1 aromatic heterocycles. The summed E-state index contributed by atoms with van der Waals surface area (Å²) >= 11 is 5.81. The summed E-state index contributed by atoms with van der Waals surface area (Å²) < 4.78 is 29.7. The second kappa shape index (κ2) is 6.02. The van der Waals surface area contributed by atoms with Crippen molar-refractivity contribution in [2.75, 3.05) is 11.1 Å². The van der Waals surface area contributed by atoms with Crippen LogP contribution in [0.4, 0.5) is 5.69 Å². The summed E-state index contributed by atoms with van der Waals surface area (Å²) in [6, 6.07) is 13.1. The highest BCUT2D eigenvalue weighted by Crippen LogP contribution is 2.20. The number of rotatable bonds is 4. The predicted molar refractivity (Wildman–Crippen MR) is 86.1 cm³/mol. The molecule has 0 aliphatic heterocycles.